The van der Waals surface area contributed by atoms with Crippen LogP contribution in [0.2, 0.25) is 0 Å². The molecule has 14 heavy (non-hydrogen) atoms. The second-order valence-electron chi connectivity index (χ2n) is 3.16. The average Bonchev–Trinajstić information content (AvgIpc) is 2.18. The molecular formula is C10H21NO2S. The zero-order chi connectivity index (χ0) is 10.8. The lowest BCUT2D eigenvalue weighted by Gasteiger charge is -2.21. The number of nitrogens with zero attached hydrogens (tertiary/aromatic N) is 1. The first-order chi connectivity index (χ1) is 6.76. The van der Waals surface area contributed by atoms with E-state index in [1.807, 2.05) is 4.90 Å². The lowest BCUT2D eigenvalue weighted by atomic mass is 10.3. The smallest absolute Gasteiger partial charge is 0.232 e. The molecule has 84 valence electrons. The van der Waals surface area contributed by atoms with E-state index < -0.39 is 0 Å². The van der Waals surface area contributed by atoms with Crippen LogP contribution in [0, 0.1) is 0 Å². The van der Waals surface area contributed by atoms with Gasteiger partial charge in [0.05, 0.1) is 12.4 Å². The van der Waals surface area contributed by atoms with Crippen LogP contribution in [0.25, 0.3) is 0 Å². The Labute approximate surface area is 90.9 Å². The van der Waals surface area contributed by atoms with Crippen LogP contribution in [-0.4, -0.2) is 47.1 Å². The van der Waals surface area contributed by atoms with Crippen LogP contribution in [0.4, 0.5) is 0 Å². The summed E-state index contributed by atoms with van der Waals surface area (Å²) < 4.78 is 0. The molecule has 0 aliphatic carbocycles. The Hall–Kier alpha value is -0.220. The standard InChI is InChI=1S/C10H21NO2S/c1-3-5-11(6-4-2)10(13)9-14-8-7-12/h12H,3-9H2,1-2H3. The predicted molar refractivity (Wildman–Crippen MR) is 61.6 cm³/mol. The van der Waals surface area contributed by atoms with Gasteiger partial charge in [0.25, 0.3) is 0 Å². The Morgan fingerprint density at radius 1 is 1.29 bits per heavy atom. The number of aliphatic hydroxyl groups excluding tert-OH is 1. The van der Waals surface area contributed by atoms with Gasteiger partial charge in [0.1, 0.15) is 0 Å². The number of aliphatic hydroxyl groups is 1. The van der Waals surface area contributed by atoms with Gasteiger partial charge in [0, 0.05) is 18.8 Å². The SMILES string of the molecule is CCCN(CCC)C(=O)CSCCO. The lowest BCUT2D eigenvalue weighted by molar-refractivity contribution is -0.128. The van der Waals surface area contributed by atoms with Crippen molar-refractivity contribution < 1.29 is 9.90 Å². The van der Waals surface area contributed by atoms with Gasteiger partial charge in [-0.1, -0.05) is 13.8 Å². The van der Waals surface area contributed by atoms with Crippen molar-refractivity contribution in [2.75, 3.05) is 31.2 Å². The van der Waals surface area contributed by atoms with Gasteiger partial charge in [-0.2, -0.15) is 0 Å². The van der Waals surface area contributed by atoms with Crippen LogP contribution in [-0.2, 0) is 4.79 Å². The van der Waals surface area contributed by atoms with Gasteiger partial charge in [0.15, 0.2) is 0 Å². The van der Waals surface area contributed by atoms with Gasteiger partial charge in [0.2, 0.25) is 5.91 Å². The van der Waals surface area contributed by atoms with Crippen LogP contribution in [0.1, 0.15) is 26.7 Å². The number of rotatable bonds is 8. The fourth-order valence-corrected chi connectivity index (χ4v) is 1.85. The maximum absolute atomic E-state index is 11.6. The minimum absolute atomic E-state index is 0.152. The third-order valence-corrected chi connectivity index (χ3v) is 2.72. The molecule has 3 nitrogen and oxygen atoms in total. The molecule has 0 heterocycles. The zero-order valence-electron chi connectivity index (χ0n) is 9.16. The molecule has 4 heteroatoms. The number of carbonyl (C=O) groups is 1. The third kappa shape index (κ3) is 6.27. The molecule has 0 atom stereocenters. The Kier molecular flexibility index (Phi) is 9.19. The highest BCUT2D eigenvalue weighted by Crippen LogP contribution is 2.03. The maximum atomic E-state index is 11.6. The lowest BCUT2D eigenvalue weighted by Crippen LogP contribution is -2.33. The van der Waals surface area contributed by atoms with Crippen molar-refractivity contribution in [3.05, 3.63) is 0 Å². The first-order valence-electron chi connectivity index (χ1n) is 5.22. The quantitative estimate of drug-likeness (QED) is 0.627. The van der Waals surface area contributed by atoms with Crippen molar-refractivity contribution in [2.24, 2.45) is 0 Å². The molecule has 0 aliphatic heterocycles. The van der Waals surface area contributed by atoms with Crippen LogP contribution >= 0.6 is 11.8 Å². The van der Waals surface area contributed by atoms with Gasteiger partial charge >= 0.3 is 0 Å². The molecule has 0 aliphatic rings. The van der Waals surface area contributed by atoms with Crippen LogP contribution < -0.4 is 0 Å². The van der Waals surface area contributed by atoms with E-state index >= 15 is 0 Å². The maximum Gasteiger partial charge on any atom is 0.232 e. The Morgan fingerprint density at radius 2 is 1.86 bits per heavy atom. The summed E-state index contributed by atoms with van der Waals surface area (Å²) in [6.07, 6.45) is 2.02. The molecule has 0 aromatic carbocycles. The Morgan fingerprint density at radius 3 is 2.29 bits per heavy atom. The van der Waals surface area contributed by atoms with E-state index in [1.54, 1.807) is 0 Å². The van der Waals surface area contributed by atoms with Crippen LogP contribution in [0.3, 0.4) is 0 Å². The number of thioether (sulfide) groups is 1. The summed E-state index contributed by atoms with van der Waals surface area (Å²) in [5, 5.41) is 8.58. The monoisotopic (exact) mass is 219 g/mol. The number of amides is 1. The highest BCUT2D eigenvalue weighted by atomic mass is 32.2. The van der Waals surface area contributed by atoms with Crippen LogP contribution in [0.5, 0.6) is 0 Å². The van der Waals surface area contributed by atoms with Crippen LogP contribution in [0.15, 0.2) is 0 Å². The Balaban J connectivity index is 3.76. The predicted octanol–water partition coefficient (Wildman–Crippen LogP) is 1.36. The van der Waals surface area contributed by atoms with Crippen molar-refractivity contribution in [1.29, 1.82) is 0 Å². The number of hydrogen-bond donors (Lipinski definition) is 1. The minimum atomic E-state index is 0.152. The molecule has 0 spiro atoms. The normalized spacial score (nSPS) is 10.2. The molecule has 0 aromatic rings. The topological polar surface area (TPSA) is 40.5 Å². The van der Waals surface area contributed by atoms with Crippen molar-refractivity contribution in [3.63, 3.8) is 0 Å². The van der Waals surface area contributed by atoms with Gasteiger partial charge in [-0.25, -0.2) is 0 Å². The zero-order valence-corrected chi connectivity index (χ0v) is 9.98. The van der Waals surface area contributed by atoms with E-state index in [0.29, 0.717) is 11.5 Å². The largest absolute Gasteiger partial charge is 0.396 e. The van der Waals surface area contributed by atoms with E-state index in [1.165, 1.54) is 11.8 Å². The summed E-state index contributed by atoms with van der Waals surface area (Å²) in [5.41, 5.74) is 0. The van der Waals surface area contributed by atoms with Crippen molar-refractivity contribution in [2.45, 2.75) is 26.7 Å². The molecular weight excluding hydrogens is 198 g/mol. The number of carbonyl (C=O) groups excluding carboxylic acids is 1. The highest BCUT2D eigenvalue weighted by Gasteiger charge is 2.10. The minimum Gasteiger partial charge on any atom is -0.396 e. The Bertz CT molecular complexity index is 147. The van der Waals surface area contributed by atoms with E-state index in [4.69, 9.17) is 5.11 Å². The average molecular weight is 219 g/mol. The van der Waals surface area contributed by atoms with Crippen molar-refractivity contribution in [3.8, 4) is 0 Å². The molecule has 0 unspecified atom stereocenters. The fraction of sp³-hybridized carbons (Fsp3) is 0.900. The van der Waals surface area contributed by atoms with Gasteiger partial charge in [-0.3, -0.25) is 4.79 Å². The van der Waals surface area contributed by atoms with E-state index in [-0.39, 0.29) is 12.5 Å². The molecule has 0 bridgehead atoms. The van der Waals surface area contributed by atoms with Crippen molar-refractivity contribution >= 4 is 17.7 Å². The highest BCUT2D eigenvalue weighted by molar-refractivity contribution is 7.99. The molecule has 0 radical (unpaired) electrons. The molecule has 0 fully saturated rings. The molecule has 1 amide bonds. The molecule has 0 saturated carbocycles. The first-order valence-corrected chi connectivity index (χ1v) is 6.38. The summed E-state index contributed by atoms with van der Waals surface area (Å²) in [6.45, 7) is 6.02. The van der Waals surface area contributed by atoms with E-state index in [2.05, 4.69) is 13.8 Å². The van der Waals surface area contributed by atoms with Gasteiger partial charge < -0.3 is 10.0 Å². The molecule has 0 aromatic heterocycles. The summed E-state index contributed by atoms with van der Waals surface area (Å²) >= 11 is 1.50. The summed E-state index contributed by atoms with van der Waals surface area (Å²) in [7, 11) is 0. The first kappa shape index (κ1) is 13.8. The fourth-order valence-electron chi connectivity index (χ4n) is 1.22. The third-order valence-electron chi connectivity index (χ3n) is 1.80. The molecule has 0 rings (SSSR count). The van der Waals surface area contributed by atoms with E-state index in [9.17, 15) is 4.79 Å². The molecule has 0 saturated heterocycles. The summed E-state index contributed by atoms with van der Waals surface area (Å²) in [6, 6.07) is 0. The second-order valence-corrected chi connectivity index (χ2v) is 4.26. The summed E-state index contributed by atoms with van der Waals surface area (Å²) in [4.78, 5) is 13.5. The molecule has 1 N–H and O–H groups in total. The van der Waals surface area contributed by atoms with Crippen molar-refractivity contribution in [1.82, 2.24) is 4.90 Å². The van der Waals surface area contributed by atoms with Gasteiger partial charge in [-0.05, 0) is 12.8 Å². The second kappa shape index (κ2) is 9.34. The summed E-state index contributed by atoms with van der Waals surface area (Å²) in [5.74, 6) is 1.35. The number of hydrogen-bond acceptors (Lipinski definition) is 3. The van der Waals surface area contributed by atoms with E-state index in [0.717, 1.165) is 25.9 Å². The van der Waals surface area contributed by atoms with Gasteiger partial charge in [-0.15, -0.1) is 11.8 Å².